The summed E-state index contributed by atoms with van der Waals surface area (Å²) in [4.78, 5) is 23.7. The number of halogens is 3. The zero-order valence-corrected chi connectivity index (χ0v) is 11.6. The third kappa shape index (κ3) is 5.90. The number of amides is 1. The van der Waals surface area contributed by atoms with Crippen molar-refractivity contribution in [3.05, 3.63) is 42.5 Å². The summed E-state index contributed by atoms with van der Waals surface area (Å²) in [6.45, 7) is 2.95. The molecule has 1 aromatic rings. The number of carboxylic acids is 1. The van der Waals surface area contributed by atoms with Crippen LogP contribution in [0.3, 0.4) is 0 Å². The van der Waals surface area contributed by atoms with E-state index in [4.69, 9.17) is 5.11 Å². The molecule has 0 bridgehead atoms. The van der Waals surface area contributed by atoms with Gasteiger partial charge in [-0.1, -0.05) is 6.08 Å². The van der Waals surface area contributed by atoms with Gasteiger partial charge in [0, 0.05) is 17.0 Å². The van der Waals surface area contributed by atoms with E-state index in [1.54, 1.807) is 0 Å². The minimum atomic E-state index is -4.40. The third-order valence-corrected chi connectivity index (χ3v) is 3.04. The molecule has 0 aliphatic carbocycles. The normalized spacial score (nSPS) is 11.0. The van der Waals surface area contributed by atoms with Crippen molar-refractivity contribution in [2.45, 2.75) is 10.4 Å². The standard InChI is InChI=1S/C13H12F3NO3S/c1-2-7-17(8-11(18)19)12(20)9-3-5-10(6-4-9)21-13(14,15)16/h2-6H,1,7-8H2,(H,18,19). The van der Waals surface area contributed by atoms with Gasteiger partial charge in [-0.25, -0.2) is 0 Å². The van der Waals surface area contributed by atoms with Crippen LogP contribution >= 0.6 is 11.8 Å². The molecule has 8 heteroatoms. The van der Waals surface area contributed by atoms with Crippen molar-refractivity contribution in [1.29, 1.82) is 0 Å². The molecule has 0 saturated heterocycles. The summed E-state index contributed by atoms with van der Waals surface area (Å²) in [6.07, 6.45) is 1.37. The van der Waals surface area contributed by atoms with Crippen LogP contribution in [0.1, 0.15) is 10.4 Å². The number of carbonyl (C=O) groups is 2. The van der Waals surface area contributed by atoms with E-state index in [1.807, 2.05) is 0 Å². The highest BCUT2D eigenvalue weighted by atomic mass is 32.2. The monoisotopic (exact) mass is 319 g/mol. The van der Waals surface area contributed by atoms with Crippen molar-refractivity contribution < 1.29 is 27.9 Å². The number of carboxylic acid groups (broad SMARTS) is 1. The number of rotatable bonds is 6. The van der Waals surface area contributed by atoms with Crippen LogP contribution in [0.5, 0.6) is 0 Å². The van der Waals surface area contributed by atoms with Crippen LogP contribution < -0.4 is 0 Å². The van der Waals surface area contributed by atoms with Gasteiger partial charge in [-0.2, -0.15) is 13.2 Å². The first-order chi connectivity index (χ1) is 9.73. The summed E-state index contributed by atoms with van der Waals surface area (Å²) < 4.78 is 36.6. The van der Waals surface area contributed by atoms with Crippen LogP contribution in [-0.2, 0) is 4.79 Å². The van der Waals surface area contributed by atoms with Gasteiger partial charge in [-0.15, -0.1) is 6.58 Å². The molecule has 1 rings (SSSR count). The molecule has 0 unspecified atom stereocenters. The Bertz CT molecular complexity index is 528. The van der Waals surface area contributed by atoms with Crippen LogP contribution in [0.15, 0.2) is 41.8 Å². The van der Waals surface area contributed by atoms with Gasteiger partial charge in [0.05, 0.1) is 0 Å². The fraction of sp³-hybridized carbons (Fsp3) is 0.231. The summed E-state index contributed by atoms with van der Waals surface area (Å²) in [5.41, 5.74) is -4.28. The number of benzene rings is 1. The van der Waals surface area contributed by atoms with E-state index in [-0.39, 0.29) is 28.8 Å². The molecule has 0 aliphatic heterocycles. The zero-order valence-electron chi connectivity index (χ0n) is 10.8. The number of aliphatic carboxylic acids is 1. The first kappa shape index (κ1) is 17.1. The van der Waals surface area contributed by atoms with E-state index in [9.17, 15) is 22.8 Å². The molecule has 114 valence electrons. The van der Waals surface area contributed by atoms with Crippen LogP contribution in [-0.4, -0.2) is 40.5 Å². The lowest BCUT2D eigenvalue weighted by molar-refractivity contribution is -0.137. The van der Waals surface area contributed by atoms with Crippen LogP contribution in [0.2, 0.25) is 0 Å². The molecular formula is C13H12F3NO3S. The van der Waals surface area contributed by atoms with E-state index < -0.39 is 23.9 Å². The van der Waals surface area contributed by atoms with Crippen molar-refractivity contribution in [3.8, 4) is 0 Å². The van der Waals surface area contributed by atoms with Gasteiger partial charge in [-0.3, -0.25) is 9.59 Å². The Hall–Kier alpha value is -1.96. The van der Waals surface area contributed by atoms with Crippen molar-refractivity contribution in [2.24, 2.45) is 0 Å². The van der Waals surface area contributed by atoms with Crippen LogP contribution in [0.25, 0.3) is 0 Å². The van der Waals surface area contributed by atoms with Gasteiger partial charge in [0.1, 0.15) is 6.54 Å². The lowest BCUT2D eigenvalue weighted by atomic mass is 10.2. The summed E-state index contributed by atoms with van der Waals surface area (Å²) in [7, 11) is 0. The molecule has 1 aromatic carbocycles. The van der Waals surface area contributed by atoms with Crippen molar-refractivity contribution in [2.75, 3.05) is 13.1 Å². The number of alkyl halides is 3. The SMILES string of the molecule is C=CCN(CC(=O)O)C(=O)c1ccc(SC(F)(F)F)cc1. The number of hydrogen-bond acceptors (Lipinski definition) is 3. The van der Waals surface area contributed by atoms with Gasteiger partial charge in [0.2, 0.25) is 0 Å². The number of thioether (sulfide) groups is 1. The maximum Gasteiger partial charge on any atom is 0.446 e. The molecule has 0 atom stereocenters. The van der Waals surface area contributed by atoms with Crippen molar-refractivity contribution in [3.63, 3.8) is 0 Å². The van der Waals surface area contributed by atoms with E-state index in [0.29, 0.717) is 0 Å². The molecule has 1 amide bonds. The number of nitrogens with zero attached hydrogens (tertiary/aromatic N) is 1. The molecule has 21 heavy (non-hydrogen) atoms. The first-order valence-corrected chi connectivity index (χ1v) is 6.52. The Kier molecular flexibility index (Phi) is 5.83. The fourth-order valence-electron chi connectivity index (χ4n) is 1.52. The highest BCUT2D eigenvalue weighted by molar-refractivity contribution is 8.00. The van der Waals surface area contributed by atoms with E-state index in [1.165, 1.54) is 18.2 Å². The highest BCUT2D eigenvalue weighted by Gasteiger charge is 2.29. The van der Waals surface area contributed by atoms with Gasteiger partial charge < -0.3 is 10.0 Å². The maximum atomic E-state index is 12.2. The Labute approximate surface area is 123 Å². The molecular weight excluding hydrogens is 307 g/mol. The maximum absolute atomic E-state index is 12.2. The third-order valence-electron chi connectivity index (χ3n) is 2.30. The molecule has 0 radical (unpaired) electrons. The van der Waals surface area contributed by atoms with E-state index in [0.717, 1.165) is 17.0 Å². The molecule has 0 heterocycles. The second-order valence-electron chi connectivity index (χ2n) is 3.94. The molecule has 1 N–H and O–H groups in total. The number of carbonyl (C=O) groups excluding carboxylic acids is 1. The van der Waals surface area contributed by atoms with Gasteiger partial charge in [-0.05, 0) is 36.0 Å². The molecule has 0 fully saturated rings. The summed E-state index contributed by atoms with van der Waals surface area (Å²) in [5.74, 6) is -1.77. The largest absolute Gasteiger partial charge is 0.480 e. The predicted molar refractivity (Wildman–Crippen MR) is 72.1 cm³/mol. The van der Waals surface area contributed by atoms with Crippen molar-refractivity contribution in [1.82, 2.24) is 4.90 Å². The number of hydrogen-bond donors (Lipinski definition) is 1. The Morgan fingerprint density at radius 1 is 1.29 bits per heavy atom. The smallest absolute Gasteiger partial charge is 0.446 e. The summed E-state index contributed by atoms with van der Waals surface area (Å²) in [6, 6.07) is 4.79. The zero-order chi connectivity index (χ0) is 16.0. The second-order valence-corrected chi connectivity index (χ2v) is 5.08. The molecule has 0 aliphatic rings. The van der Waals surface area contributed by atoms with Gasteiger partial charge in [0.25, 0.3) is 5.91 Å². The molecule has 0 spiro atoms. The lowest BCUT2D eigenvalue weighted by Crippen LogP contribution is -2.35. The van der Waals surface area contributed by atoms with Gasteiger partial charge >= 0.3 is 11.5 Å². The highest BCUT2D eigenvalue weighted by Crippen LogP contribution is 2.36. The fourth-order valence-corrected chi connectivity index (χ4v) is 2.06. The van der Waals surface area contributed by atoms with E-state index >= 15 is 0 Å². The summed E-state index contributed by atoms with van der Waals surface area (Å²) >= 11 is -0.285. The average molecular weight is 319 g/mol. The Balaban J connectivity index is 2.86. The minimum Gasteiger partial charge on any atom is -0.480 e. The molecule has 0 saturated carbocycles. The first-order valence-electron chi connectivity index (χ1n) is 5.70. The summed E-state index contributed by atoms with van der Waals surface area (Å²) in [5, 5.41) is 8.72. The predicted octanol–water partition coefficient (Wildman–Crippen LogP) is 3.01. The average Bonchev–Trinajstić information content (AvgIpc) is 2.36. The van der Waals surface area contributed by atoms with Crippen LogP contribution in [0.4, 0.5) is 13.2 Å². The molecule has 0 aromatic heterocycles. The molecule has 4 nitrogen and oxygen atoms in total. The quantitative estimate of drug-likeness (QED) is 0.647. The topological polar surface area (TPSA) is 57.6 Å². The Morgan fingerprint density at radius 3 is 2.29 bits per heavy atom. The van der Waals surface area contributed by atoms with Crippen LogP contribution in [0, 0.1) is 0 Å². The van der Waals surface area contributed by atoms with E-state index in [2.05, 4.69) is 6.58 Å². The second kappa shape index (κ2) is 7.16. The van der Waals surface area contributed by atoms with Crippen molar-refractivity contribution >= 4 is 23.6 Å². The Morgan fingerprint density at radius 2 is 1.86 bits per heavy atom. The lowest BCUT2D eigenvalue weighted by Gasteiger charge is -2.19. The van der Waals surface area contributed by atoms with Gasteiger partial charge in [0.15, 0.2) is 0 Å². The minimum absolute atomic E-state index is 0.0319.